The maximum absolute atomic E-state index is 12.8. The quantitative estimate of drug-likeness (QED) is 0.791. The summed E-state index contributed by atoms with van der Waals surface area (Å²) in [5, 5.41) is 9.41. The number of amides is 1. The zero-order chi connectivity index (χ0) is 16.5. The lowest BCUT2D eigenvalue weighted by Gasteiger charge is -2.38. The molecular formula is C18H32N2O2. The monoisotopic (exact) mass is 308 g/mol. The number of carbonyl (C=O) groups excluding carboxylic acids is 1. The van der Waals surface area contributed by atoms with Gasteiger partial charge in [-0.1, -0.05) is 32.4 Å². The minimum absolute atomic E-state index is 0.0997. The van der Waals surface area contributed by atoms with Gasteiger partial charge in [-0.3, -0.25) is 9.69 Å². The number of hydrogen-bond donors (Lipinski definition) is 1. The van der Waals surface area contributed by atoms with E-state index < -0.39 is 0 Å². The predicted molar refractivity (Wildman–Crippen MR) is 89.5 cm³/mol. The van der Waals surface area contributed by atoms with E-state index in [-0.39, 0.29) is 24.0 Å². The van der Waals surface area contributed by atoms with Crippen LogP contribution in [-0.2, 0) is 4.79 Å². The fourth-order valence-electron chi connectivity index (χ4n) is 3.83. The van der Waals surface area contributed by atoms with Crippen molar-refractivity contribution >= 4 is 5.91 Å². The second-order valence-electron chi connectivity index (χ2n) is 7.67. The van der Waals surface area contributed by atoms with Crippen LogP contribution in [0.25, 0.3) is 0 Å². The molecule has 1 aliphatic heterocycles. The number of piperazine rings is 1. The lowest BCUT2D eigenvalue weighted by Crippen LogP contribution is -2.53. The van der Waals surface area contributed by atoms with Gasteiger partial charge in [-0.15, -0.1) is 0 Å². The smallest absolute Gasteiger partial charge is 0.226 e. The first-order valence-corrected chi connectivity index (χ1v) is 8.61. The maximum atomic E-state index is 12.8. The van der Waals surface area contributed by atoms with Gasteiger partial charge in [0.25, 0.3) is 0 Å². The topological polar surface area (TPSA) is 43.8 Å². The largest absolute Gasteiger partial charge is 0.395 e. The molecule has 4 nitrogen and oxygen atoms in total. The number of nitrogens with zero attached hydrogens (tertiary/aromatic N) is 2. The molecular weight excluding hydrogens is 276 g/mol. The number of aliphatic hydroxyl groups is 1. The van der Waals surface area contributed by atoms with Crippen molar-refractivity contribution in [2.75, 3.05) is 32.8 Å². The van der Waals surface area contributed by atoms with Gasteiger partial charge in [-0.25, -0.2) is 0 Å². The van der Waals surface area contributed by atoms with Crippen molar-refractivity contribution < 1.29 is 9.90 Å². The first-order valence-electron chi connectivity index (χ1n) is 8.61. The van der Waals surface area contributed by atoms with Crippen LogP contribution in [0, 0.1) is 17.3 Å². The van der Waals surface area contributed by atoms with Crippen LogP contribution in [-0.4, -0.2) is 59.6 Å². The third-order valence-corrected chi connectivity index (χ3v) is 5.51. The lowest BCUT2D eigenvalue weighted by atomic mass is 10.1. The fraction of sp³-hybridized carbons (Fsp3) is 0.833. The number of aliphatic hydroxyl groups excluding tert-OH is 1. The van der Waals surface area contributed by atoms with Crippen molar-refractivity contribution in [2.45, 2.75) is 47.1 Å². The Morgan fingerprint density at radius 1 is 1.27 bits per heavy atom. The fourth-order valence-corrected chi connectivity index (χ4v) is 3.83. The second-order valence-corrected chi connectivity index (χ2v) is 7.67. The van der Waals surface area contributed by atoms with E-state index in [2.05, 4.69) is 45.6 Å². The van der Waals surface area contributed by atoms with E-state index in [1.165, 1.54) is 5.57 Å². The SMILES string of the molecule is CCC(CO)N1CCN(C(=O)C2C(C=C(C)C)C2(C)C)CC1. The van der Waals surface area contributed by atoms with Crippen LogP contribution in [0.1, 0.15) is 41.0 Å². The molecule has 2 aliphatic rings. The van der Waals surface area contributed by atoms with Gasteiger partial charge in [0, 0.05) is 32.2 Å². The lowest BCUT2D eigenvalue weighted by molar-refractivity contribution is -0.135. The molecule has 126 valence electrons. The minimum Gasteiger partial charge on any atom is -0.395 e. The summed E-state index contributed by atoms with van der Waals surface area (Å²) >= 11 is 0. The highest BCUT2D eigenvalue weighted by Gasteiger charge is 2.61. The second kappa shape index (κ2) is 6.71. The van der Waals surface area contributed by atoms with Gasteiger partial charge >= 0.3 is 0 Å². The molecule has 0 spiro atoms. The zero-order valence-electron chi connectivity index (χ0n) is 14.8. The first-order chi connectivity index (χ1) is 10.3. The Hall–Kier alpha value is -0.870. The summed E-state index contributed by atoms with van der Waals surface area (Å²) in [6.45, 7) is 14.3. The average Bonchev–Trinajstić information content (AvgIpc) is 3.00. The molecule has 0 bridgehead atoms. The van der Waals surface area contributed by atoms with Crippen molar-refractivity contribution in [1.82, 2.24) is 9.80 Å². The molecule has 4 heteroatoms. The Bertz CT molecular complexity index is 428. The Kier molecular flexibility index (Phi) is 5.33. The van der Waals surface area contributed by atoms with E-state index in [0.717, 1.165) is 32.6 Å². The Morgan fingerprint density at radius 2 is 1.86 bits per heavy atom. The van der Waals surface area contributed by atoms with E-state index in [4.69, 9.17) is 0 Å². The Morgan fingerprint density at radius 3 is 2.32 bits per heavy atom. The van der Waals surface area contributed by atoms with Crippen LogP contribution < -0.4 is 0 Å². The van der Waals surface area contributed by atoms with Gasteiger partial charge in [-0.2, -0.15) is 0 Å². The normalized spacial score (nSPS) is 29.1. The summed E-state index contributed by atoms with van der Waals surface area (Å²) in [5.74, 6) is 0.863. The van der Waals surface area contributed by atoms with E-state index in [9.17, 15) is 9.90 Å². The molecule has 1 heterocycles. The summed E-state index contributed by atoms with van der Waals surface area (Å²) < 4.78 is 0. The van der Waals surface area contributed by atoms with Gasteiger partial charge in [0.15, 0.2) is 0 Å². The third kappa shape index (κ3) is 3.38. The number of carbonyl (C=O) groups is 1. The van der Waals surface area contributed by atoms with Crippen molar-refractivity contribution in [2.24, 2.45) is 17.3 Å². The van der Waals surface area contributed by atoms with Gasteiger partial charge in [0.2, 0.25) is 5.91 Å². The van der Waals surface area contributed by atoms with E-state index in [0.29, 0.717) is 11.8 Å². The average molecular weight is 308 g/mol. The highest BCUT2D eigenvalue weighted by atomic mass is 16.3. The maximum Gasteiger partial charge on any atom is 0.226 e. The van der Waals surface area contributed by atoms with Crippen LogP contribution in [0.2, 0.25) is 0 Å². The van der Waals surface area contributed by atoms with Crippen molar-refractivity contribution in [3.05, 3.63) is 11.6 Å². The number of hydrogen-bond acceptors (Lipinski definition) is 3. The first kappa shape index (κ1) is 17.5. The van der Waals surface area contributed by atoms with Gasteiger partial charge in [0.1, 0.15) is 0 Å². The van der Waals surface area contributed by atoms with E-state index >= 15 is 0 Å². The van der Waals surface area contributed by atoms with Crippen LogP contribution in [0.5, 0.6) is 0 Å². The molecule has 0 aromatic heterocycles. The summed E-state index contributed by atoms with van der Waals surface area (Å²) in [5.41, 5.74) is 1.40. The molecule has 1 amide bonds. The van der Waals surface area contributed by atoms with Gasteiger partial charge in [0.05, 0.1) is 12.5 Å². The highest BCUT2D eigenvalue weighted by molar-refractivity contribution is 5.84. The molecule has 1 saturated carbocycles. The molecule has 2 rings (SSSR count). The molecule has 1 saturated heterocycles. The van der Waals surface area contributed by atoms with Crippen LogP contribution in [0.4, 0.5) is 0 Å². The van der Waals surface area contributed by atoms with Crippen LogP contribution >= 0.6 is 0 Å². The molecule has 0 radical (unpaired) electrons. The summed E-state index contributed by atoms with van der Waals surface area (Å²) in [4.78, 5) is 17.2. The van der Waals surface area contributed by atoms with Gasteiger partial charge in [-0.05, 0) is 31.6 Å². The van der Waals surface area contributed by atoms with Crippen molar-refractivity contribution in [3.63, 3.8) is 0 Å². The summed E-state index contributed by atoms with van der Waals surface area (Å²) in [6.07, 6.45) is 3.22. The van der Waals surface area contributed by atoms with Crippen molar-refractivity contribution in [3.8, 4) is 0 Å². The van der Waals surface area contributed by atoms with Crippen LogP contribution in [0.3, 0.4) is 0 Å². The minimum atomic E-state index is 0.0997. The zero-order valence-corrected chi connectivity index (χ0v) is 14.8. The third-order valence-electron chi connectivity index (χ3n) is 5.51. The molecule has 0 aromatic rings. The molecule has 1 N–H and O–H groups in total. The highest BCUT2D eigenvalue weighted by Crippen LogP contribution is 2.60. The molecule has 22 heavy (non-hydrogen) atoms. The van der Waals surface area contributed by atoms with E-state index in [1.807, 2.05) is 4.90 Å². The van der Waals surface area contributed by atoms with E-state index in [1.54, 1.807) is 0 Å². The number of rotatable bonds is 5. The summed E-state index contributed by atoms with van der Waals surface area (Å²) in [7, 11) is 0. The molecule has 3 unspecified atom stereocenters. The Balaban J connectivity index is 1.92. The van der Waals surface area contributed by atoms with Crippen LogP contribution in [0.15, 0.2) is 11.6 Å². The predicted octanol–water partition coefficient (Wildman–Crippen LogP) is 2.14. The standard InChI is InChI=1S/C18H32N2O2/c1-6-14(12-21)19-7-9-20(10-8-19)17(22)16-15(11-13(2)3)18(16,4)5/h11,14-16,21H,6-10,12H2,1-5H3. The molecule has 0 aromatic carbocycles. The number of allylic oxidation sites excluding steroid dienone is 2. The summed E-state index contributed by atoms with van der Waals surface area (Å²) in [6, 6.07) is 0.244. The van der Waals surface area contributed by atoms with Gasteiger partial charge < -0.3 is 10.0 Å². The Labute approximate surface area is 135 Å². The molecule has 1 aliphatic carbocycles. The molecule has 2 fully saturated rings. The van der Waals surface area contributed by atoms with Crippen molar-refractivity contribution in [1.29, 1.82) is 0 Å². The molecule has 3 atom stereocenters.